The normalized spacial score (nSPS) is 13.7. The van der Waals surface area contributed by atoms with Gasteiger partial charge in [0.05, 0.1) is 6.61 Å². The van der Waals surface area contributed by atoms with E-state index < -0.39 is 0 Å². The van der Waals surface area contributed by atoms with Crippen LogP contribution in [0.15, 0.2) is 53.5 Å². The smallest absolute Gasteiger partial charge is 0.231 e. The summed E-state index contributed by atoms with van der Waals surface area (Å²) >= 11 is 0. The largest absolute Gasteiger partial charge is 0.454 e. The van der Waals surface area contributed by atoms with E-state index in [1.807, 2.05) is 48.5 Å². The topological polar surface area (TPSA) is 75.1 Å². The zero-order valence-corrected chi connectivity index (χ0v) is 17.0. The van der Waals surface area contributed by atoms with Crippen molar-refractivity contribution in [3.05, 3.63) is 59.7 Å². The SMILES string of the molecule is CN=C(NCc1ccc2c(c1)OCO2)NCC(CO)c1ccccc1.I. The second-order valence-electron chi connectivity index (χ2n) is 5.78. The number of aliphatic imine (C=N–C) groups is 1. The Bertz CT molecular complexity index is 725. The second-order valence-corrected chi connectivity index (χ2v) is 5.78. The molecule has 7 heteroatoms. The van der Waals surface area contributed by atoms with Crippen LogP contribution in [0.2, 0.25) is 0 Å². The fraction of sp³-hybridized carbons (Fsp3) is 0.316. The van der Waals surface area contributed by atoms with Crippen molar-refractivity contribution in [3.8, 4) is 11.5 Å². The number of benzene rings is 2. The average molecular weight is 469 g/mol. The molecule has 1 aliphatic rings. The highest BCUT2D eigenvalue weighted by atomic mass is 127. The first-order valence-corrected chi connectivity index (χ1v) is 8.29. The summed E-state index contributed by atoms with van der Waals surface area (Å²) in [6.45, 7) is 1.57. The number of nitrogens with one attached hydrogen (secondary N) is 2. The molecule has 140 valence electrons. The quantitative estimate of drug-likeness (QED) is 0.345. The number of guanidine groups is 1. The maximum atomic E-state index is 9.64. The number of fused-ring (bicyclic) bond motifs is 1. The molecule has 0 saturated carbocycles. The molecule has 2 aromatic carbocycles. The Labute approximate surface area is 170 Å². The number of rotatable bonds is 6. The zero-order chi connectivity index (χ0) is 17.5. The van der Waals surface area contributed by atoms with Crippen LogP contribution in [0.5, 0.6) is 11.5 Å². The van der Waals surface area contributed by atoms with Crippen molar-refractivity contribution in [2.75, 3.05) is 27.0 Å². The van der Waals surface area contributed by atoms with E-state index in [-0.39, 0.29) is 43.3 Å². The molecule has 1 unspecified atom stereocenters. The molecule has 0 aliphatic carbocycles. The van der Waals surface area contributed by atoms with Crippen molar-refractivity contribution in [1.29, 1.82) is 0 Å². The van der Waals surface area contributed by atoms with Gasteiger partial charge in [-0.1, -0.05) is 36.4 Å². The minimum Gasteiger partial charge on any atom is -0.454 e. The van der Waals surface area contributed by atoms with Crippen molar-refractivity contribution in [3.63, 3.8) is 0 Å². The van der Waals surface area contributed by atoms with Crippen LogP contribution in [-0.2, 0) is 6.54 Å². The summed E-state index contributed by atoms with van der Waals surface area (Å²) in [5, 5.41) is 16.2. The third-order valence-corrected chi connectivity index (χ3v) is 4.13. The summed E-state index contributed by atoms with van der Waals surface area (Å²) in [5.74, 6) is 2.25. The van der Waals surface area contributed by atoms with Gasteiger partial charge in [-0.05, 0) is 23.3 Å². The highest BCUT2D eigenvalue weighted by Gasteiger charge is 2.14. The van der Waals surface area contributed by atoms with Crippen LogP contribution in [0, 0.1) is 0 Å². The van der Waals surface area contributed by atoms with E-state index in [0.29, 0.717) is 19.0 Å². The Balaban J connectivity index is 0.00000243. The number of ether oxygens (including phenoxy) is 2. The van der Waals surface area contributed by atoms with Gasteiger partial charge >= 0.3 is 0 Å². The summed E-state index contributed by atoms with van der Waals surface area (Å²) < 4.78 is 10.7. The van der Waals surface area contributed by atoms with Gasteiger partial charge < -0.3 is 25.2 Å². The monoisotopic (exact) mass is 469 g/mol. The fourth-order valence-electron chi connectivity index (χ4n) is 2.69. The number of halogens is 1. The van der Waals surface area contributed by atoms with Crippen molar-refractivity contribution in [1.82, 2.24) is 10.6 Å². The van der Waals surface area contributed by atoms with E-state index in [9.17, 15) is 5.11 Å². The highest BCUT2D eigenvalue weighted by Crippen LogP contribution is 2.32. The van der Waals surface area contributed by atoms with Gasteiger partial charge in [-0.2, -0.15) is 0 Å². The lowest BCUT2D eigenvalue weighted by atomic mass is 10.0. The first-order valence-electron chi connectivity index (χ1n) is 8.29. The van der Waals surface area contributed by atoms with Crippen LogP contribution in [0.25, 0.3) is 0 Å². The third-order valence-electron chi connectivity index (χ3n) is 4.13. The summed E-state index contributed by atoms with van der Waals surface area (Å²) in [5.41, 5.74) is 2.18. The van der Waals surface area contributed by atoms with Crippen molar-refractivity contribution < 1.29 is 14.6 Å². The van der Waals surface area contributed by atoms with Gasteiger partial charge in [-0.25, -0.2) is 0 Å². The van der Waals surface area contributed by atoms with Crippen LogP contribution in [0.1, 0.15) is 17.0 Å². The van der Waals surface area contributed by atoms with E-state index in [0.717, 1.165) is 22.6 Å². The maximum absolute atomic E-state index is 9.64. The molecule has 1 heterocycles. The van der Waals surface area contributed by atoms with Gasteiger partial charge in [-0.15, -0.1) is 24.0 Å². The van der Waals surface area contributed by atoms with Crippen LogP contribution in [-0.4, -0.2) is 38.1 Å². The van der Waals surface area contributed by atoms with E-state index in [4.69, 9.17) is 9.47 Å². The predicted octanol–water partition coefficient (Wildman–Crippen LogP) is 2.47. The van der Waals surface area contributed by atoms with Crippen LogP contribution < -0.4 is 20.1 Å². The molecule has 0 radical (unpaired) electrons. The molecule has 3 rings (SSSR count). The van der Waals surface area contributed by atoms with E-state index in [1.54, 1.807) is 7.05 Å². The van der Waals surface area contributed by atoms with Gasteiger partial charge in [0.25, 0.3) is 0 Å². The molecule has 0 aromatic heterocycles. The Morgan fingerprint density at radius 3 is 2.62 bits per heavy atom. The minimum atomic E-state index is 0. The number of aliphatic hydroxyl groups is 1. The first-order chi connectivity index (χ1) is 12.3. The van der Waals surface area contributed by atoms with E-state index >= 15 is 0 Å². The molecule has 0 amide bonds. The lowest BCUT2D eigenvalue weighted by molar-refractivity contribution is 0.174. The molecule has 1 aliphatic heterocycles. The summed E-state index contributed by atoms with van der Waals surface area (Å²) in [6, 6.07) is 15.8. The van der Waals surface area contributed by atoms with Crippen LogP contribution >= 0.6 is 24.0 Å². The molecule has 2 aromatic rings. The lowest BCUT2D eigenvalue weighted by Gasteiger charge is -2.18. The average Bonchev–Trinajstić information content (AvgIpc) is 3.13. The predicted molar refractivity (Wildman–Crippen MR) is 112 cm³/mol. The van der Waals surface area contributed by atoms with E-state index in [1.165, 1.54) is 0 Å². The molecule has 0 spiro atoms. The number of nitrogens with zero attached hydrogens (tertiary/aromatic N) is 1. The first kappa shape index (κ1) is 20.3. The molecule has 1 atom stereocenters. The van der Waals surface area contributed by atoms with Crippen LogP contribution in [0.3, 0.4) is 0 Å². The number of hydrogen-bond acceptors (Lipinski definition) is 4. The molecule has 6 nitrogen and oxygen atoms in total. The minimum absolute atomic E-state index is 0. The molecule has 0 fully saturated rings. The molecule has 0 saturated heterocycles. The number of aliphatic hydroxyl groups excluding tert-OH is 1. The summed E-state index contributed by atoms with van der Waals surface area (Å²) in [7, 11) is 1.73. The number of hydrogen-bond donors (Lipinski definition) is 3. The summed E-state index contributed by atoms with van der Waals surface area (Å²) in [4.78, 5) is 4.23. The molecular weight excluding hydrogens is 445 g/mol. The Hall–Kier alpha value is -2.00. The Morgan fingerprint density at radius 2 is 1.88 bits per heavy atom. The maximum Gasteiger partial charge on any atom is 0.231 e. The van der Waals surface area contributed by atoms with Gasteiger partial charge in [-0.3, -0.25) is 4.99 Å². The molecule has 0 bridgehead atoms. The molecule has 3 N–H and O–H groups in total. The zero-order valence-electron chi connectivity index (χ0n) is 14.6. The van der Waals surface area contributed by atoms with Crippen molar-refractivity contribution in [2.45, 2.75) is 12.5 Å². The van der Waals surface area contributed by atoms with Gasteiger partial charge in [0.15, 0.2) is 17.5 Å². The van der Waals surface area contributed by atoms with Gasteiger partial charge in [0, 0.05) is 26.1 Å². The lowest BCUT2D eigenvalue weighted by Crippen LogP contribution is -2.39. The molecule has 26 heavy (non-hydrogen) atoms. The van der Waals surface area contributed by atoms with Crippen LogP contribution in [0.4, 0.5) is 0 Å². The standard InChI is InChI=1S/C19H23N3O3.HI/c1-20-19(22-11-16(12-23)15-5-3-2-4-6-15)21-10-14-7-8-17-18(9-14)25-13-24-17;/h2-9,16,23H,10-13H2,1H3,(H2,20,21,22);1H. The van der Waals surface area contributed by atoms with Gasteiger partial charge in [0.1, 0.15) is 0 Å². The third kappa shape index (κ3) is 5.25. The highest BCUT2D eigenvalue weighted by molar-refractivity contribution is 14.0. The van der Waals surface area contributed by atoms with E-state index in [2.05, 4.69) is 15.6 Å². The Morgan fingerprint density at radius 1 is 1.12 bits per heavy atom. The van der Waals surface area contributed by atoms with Gasteiger partial charge in [0.2, 0.25) is 6.79 Å². The second kappa shape index (κ2) is 10.2. The fourth-order valence-corrected chi connectivity index (χ4v) is 2.69. The summed E-state index contributed by atoms with van der Waals surface area (Å²) in [6.07, 6.45) is 0. The van der Waals surface area contributed by atoms with Crippen molar-refractivity contribution in [2.24, 2.45) is 4.99 Å². The van der Waals surface area contributed by atoms with Crippen molar-refractivity contribution >= 4 is 29.9 Å². The Kier molecular flexibility index (Phi) is 7.99. The molecular formula is C19H24IN3O3.